The maximum Gasteiger partial charge on any atom is 0.254 e. The van der Waals surface area contributed by atoms with E-state index >= 15 is 0 Å². The molecular weight excluding hydrogens is 268 g/mol. The van der Waals surface area contributed by atoms with Gasteiger partial charge in [-0.2, -0.15) is 0 Å². The van der Waals surface area contributed by atoms with Crippen molar-refractivity contribution in [1.29, 1.82) is 0 Å². The summed E-state index contributed by atoms with van der Waals surface area (Å²) < 4.78 is 0. The van der Waals surface area contributed by atoms with Crippen LogP contribution in [-0.2, 0) is 9.59 Å². The molecule has 21 heavy (non-hydrogen) atoms. The number of amides is 3. The second-order valence-electron chi connectivity index (χ2n) is 5.95. The zero-order valence-corrected chi connectivity index (χ0v) is 12.2. The first-order valence-electron chi connectivity index (χ1n) is 7.20. The molecule has 1 aliphatic carbocycles. The molecule has 1 aromatic carbocycles. The van der Waals surface area contributed by atoms with Gasteiger partial charge in [0.1, 0.15) is 6.04 Å². The number of carbonyl (C=O) groups excluding carboxylic acids is 3. The van der Waals surface area contributed by atoms with Crippen molar-refractivity contribution in [2.45, 2.75) is 45.2 Å². The maximum absolute atomic E-state index is 12.8. The van der Waals surface area contributed by atoms with Gasteiger partial charge in [-0.1, -0.05) is 17.2 Å². The van der Waals surface area contributed by atoms with Gasteiger partial charge in [-0.05, 0) is 38.8 Å². The Hall–Kier alpha value is -2.17. The molecule has 5 nitrogen and oxygen atoms in total. The molecule has 5 heteroatoms. The van der Waals surface area contributed by atoms with Crippen LogP contribution in [0.2, 0.25) is 0 Å². The van der Waals surface area contributed by atoms with Gasteiger partial charge in [-0.25, -0.2) is 0 Å². The summed E-state index contributed by atoms with van der Waals surface area (Å²) in [5, 5.41) is 2.29. The van der Waals surface area contributed by atoms with Crippen LogP contribution < -0.4 is 5.32 Å². The zero-order valence-electron chi connectivity index (χ0n) is 12.2. The van der Waals surface area contributed by atoms with E-state index < -0.39 is 6.04 Å². The molecule has 1 atom stereocenters. The molecule has 0 bridgehead atoms. The van der Waals surface area contributed by atoms with Crippen LogP contribution in [0.5, 0.6) is 0 Å². The van der Waals surface area contributed by atoms with E-state index in [1.807, 2.05) is 32.0 Å². The van der Waals surface area contributed by atoms with Crippen LogP contribution in [0.1, 0.15) is 40.7 Å². The summed E-state index contributed by atoms with van der Waals surface area (Å²) in [5.41, 5.74) is 2.62. The van der Waals surface area contributed by atoms with Crippen molar-refractivity contribution in [3.05, 3.63) is 34.9 Å². The van der Waals surface area contributed by atoms with Gasteiger partial charge in [0.15, 0.2) is 0 Å². The minimum atomic E-state index is -0.654. The van der Waals surface area contributed by atoms with Crippen molar-refractivity contribution in [1.82, 2.24) is 10.2 Å². The van der Waals surface area contributed by atoms with Gasteiger partial charge < -0.3 is 4.90 Å². The van der Waals surface area contributed by atoms with E-state index in [0.717, 1.165) is 24.0 Å². The Labute approximate surface area is 123 Å². The van der Waals surface area contributed by atoms with Crippen LogP contribution in [0.4, 0.5) is 0 Å². The van der Waals surface area contributed by atoms with Crippen molar-refractivity contribution in [3.8, 4) is 0 Å². The van der Waals surface area contributed by atoms with E-state index in [0.29, 0.717) is 5.56 Å². The summed E-state index contributed by atoms with van der Waals surface area (Å²) in [6.45, 7) is 3.88. The third kappa shape index (κ3) is 2.68. The van der Waals surface area contributed by atoms with Crippen molar-refractivity contribution >= 4 is 17.7 Å². The van der Waals surface area contributed by atoms with Gasteiger partial charge in [-0.15, -0.1) is 0 Å². The summed E-state index contributed by atoms with van der Waals surface area (Å²) in [6.07, 6.45) is 1.87. The van der Waals surface area contributed by atoms with Crippen molar-refractivity contribution in [2.75, 3.05) is 0 Å². The van der Waals surface area contributed by atoms with Crippen LogP contribution in [0, 0.1) is 13.8 Å². The number of benzene rings is 1. The van der Waals surface area contributed by atoms with Crippen molar-refractivity contribution < 1.29 is 14.4 Å². The lowest BCUT2D eigenvalue weighted by atomic mass is 10.0. The predicted molar refractivity (Wildman–Crippen MR) is 76.7 cm³/mol. The van der Waals surface area contributed by atoms with E-state index in [9.17, 15) is 14.4 Å². The molecule has 3 rings (SSSR count). The van der Waals surface area contributed by atoms with E-state index in [1.165, 1.54) is 0 Å². The molecule has 1 saturated carbocycles. The van der Waals surface area contributed by atoms with Gasteiger partial charge in [0.25, 0.3) is 5.91 Å². The predicted octanol–water partition coefficient (Wildman–Crippen LogP) is 1.32. The van der Waals surface area contributed by atoms with E-state index in [2.05, 4.69) is 5.32 Å². The molecule has 1 aliphatic heterocycles. The average Bonchev–Trinajstić information content (AvgIpc) is 3.15. The quantitative estimate of drug-likeness (QED) is 0.852. The number of imide groups is 1. The summed E-state index contributed by atoms with van der Waals surface area (Å²) in [5.74, 6) is -0.812. The molecule has 110 valence electrons. The van der Waals surface area contributed by atoms with Crippen LogP contribution in [-0.4, -0.2) is 34.7 Å². The molecule has 3 amide bonds. The number of rotatable bonds is 3. The normalized spacial score (nSPS) is 21.3. The van der Waals surface area contributed by atoms with Gasteiger partial charge in [-0.3, -0.25) is 19.7 Å². The fourth-order valence-electron chi connectivity index (χ4n) is 2.93. The lowest BCUT2D eigenvalue weighted by Gasteiger charge is -2.27. The van der Waals surface area contributed by atoms with E-state index in [1.54, 1.807) is 4.90 Å². The highest BCUT2D eigenvalue weighted by Crippen LogP contribution is 2.32. The Morgan fingerprint density at radius 3 is 2.24 bits per heavy atom. The Morgan fingerprint density at radius 2 is 1.76 bits per heavy atom. The highest BCUT2D eigenvalue weighted by molar-refractivity contribution is 6.08. The van der Waals surface area contributed by atoms with Crippen molar-refractivity contribution in [2.24, 2.45) is 0 Å². The summed E-state index contributed by atoms with van der Waals surface area (Å²) in [6, 6.07) is 5.10. The minimum Gasteiger partial charge on any atom is -0.323 e. The largest absolute Gasteiger partial charge is 0.323 e. The van der Waals surface area contributed by atoms with E-state index in [-0.39, 0.29) is 30.2 Å². The first-order valence-corrected chi connectivity index (χ1v) is 7.20. The first-order chi connectivity index (χ1) is 9.95. The number of carbonyl (C=O) groups is 3. The molecular formula is C16H18N2O3. The van der Waals surface area contributed by atoms with Crippen LogP contribution in [0.3, 0.4) is 0 Å². The van der Waals surface area contributed by atoms with E-state index in [4.69, 9.17) is 0 Å². The second kappa shape index (κ2) is 4.98. The number of nitrogens with zero attached hydrogens (tertiary/aromatic N) is 1. The molecule has 1 saturated heterocycles. The number of hydrogen-bond acceptors (Lipinski definition) is 3. The lowest BCUT2D eigenvalue weighted by Crippen LogP contribution is -2.46. The topological polar surface area (TPSA) is 66.5 Å². The number of aryl methyl sites for hydroxylation is 2. The molecule has 1 N–H and O–H groups in total. The highest BCUT2D eigenvalue weighted by atomic mass is 16.2. The third-order valence-corrected chi connectivity index (χ3v) is 3.92. The molecule has 1 aromatic rings. The summed E-state index contributed by atoms with van der Waals surface area (Å²) in [7, 11) is 0. The monoisotopic (exact) mass is 286 g/mol. The molecule has 2 fully saturated rings. The third-order valence-electron chi connectivity index (χ3n) is 3.92. The SMILES string of the molecule is Cc1cc(C)cc(C(=O)N(C2CC2)C2CC(=O)NC2=O)c1. The Kier molecular flexibility index (Phi) is 3.27. The zero-order chi connectivity index (χ0) is 15.1. The second-order valence-corrected chi connectivity index (χ2v) is 5.95. The Morgan fingerprint density at radius 1 is 1.14 bits per heavy atom. The first kappa shape index (κ1) is 13.8. The lowest BCUT2D eigenvalue weighted by molar-refractivity contribution is -0.126. The molecule has 0 radical (unpaired) electrons. The minimum absolute atomic E-state index is 0.0753. The van der Waals surface area contributed by atoms with Crippen LogP contribution in [0.25, 0.3) is 0 Å². The molecule has 2 aliphatic rings. The smallest absolute Gasteiger partial charge is 0.254 e. The number of nitrogens with one attached hydrogen (secondary N) is 1. The molecule has 1 unspecified atom stereocenters. The highest BCUT2D eigenvalue weighted by Gasteiger charge is 2.44. The van der Waals surface area contributed by atoms with Gasteiger partial charge in [0, 0.05) is 11.6 Å². The fourth-order valence-corrected chi connectivity index (χ4v) is 2.93. The summed E-state index contributed by atoms with van der Waals surface area (Å²) >= 11 is 0. The summed E-state index contributed by atoms with van der Waals surface area (Å²) in [4.78, 5) is 37.7. The molecule has 0 aromatic heterocycles. The molecule has 0 spiro atoms. The van der Waals surface area contributed by atoms with Gasteiger partial charge in [0.05, 0.1) is 6.42 Å². The van der Waals surface area contributed by atoms with Crippen LogP contribution in [0.15, 0.2) is 18.2 Å². The maximum atomic E-state index is 12.8. The Bertz CT molecular complexity index is 614. The fraction of sp³-hybridized carbons (Fsp3) is 0.438. The Balaban J connectivity index is 1.92. The van der Waals surface area contributed by atoms with Gasteiger partial charge in [0.2, 0.25) is 11.8 Å². The number of hydrogen-bond donors (Lipinski definition) is 1. The van der Waals surface area contributed by atoms with Gasteiger partial charge >= 0.3 is 0 Å². The molecule has 1 heterocycles. The van der Waals surface area contributed by atoms with Crippen LogP contribution >= 0.6 is 0 Å². The van der Waals surface area contributed by atoms with Crippen molar-refractivity contribution in [3.63, 3.8) is 0 Å². The average molecular weight is 286 g/mol. The standard InChI is InChI=1S/C16H18N2O3/c1-9-5-10(2)7-11(6-9)16(21)18(12-3-4-12)13-8-14(19)17-15(13)20/h5-7,12-13H,3-4,8H2,1-2H3,(H,17,19,20).